The van der Waals surface area contributed by atoms with Gasteiger partial charge < -0.3 is 19.6 Å². The van der Waals surface area contributed by atoms with Crippen molar-refractivity contribution in [2.75, 3.05) is 56.6 Å². The van der Waals surface area contributed by atoms with Crippen LogP contribution in [0.1, 0.15) is 31.4 Å². The molecule has 0 radical (unpaired) electrons. The number of nitrogens with zero attached hydrogens (tertiary/aromatic N) is 8. The van der Waals surface area contributed by atoms with Gasteiger partial charge in [-0.2, -0.15) is 0 Å². The van der Waals surface area contributed by atoms with Crippen LogP contribution < -0.4 is 9.80 Å². The summed E-state index contributed by atoms with van der Waals surface area (Å²) in [7, 11) is 3.83. The van der Waals surface area contributed by atoms with E-state index in [0.717, 1.165) is 66.7 Å². The Bertz CT molecular complexity index is 1520. The Hall–Kier alpha value is -4.05. The molecule has 4 aromatic rings. The van der Waals surface area contributed by atoms with E-state index in [1.165, 1.54) is 6.07 Å². The summed E-state index contributed by atoms with van der Waals surface area (Å²) in [5, 5.41) is 4.98. The van der Waals surface area contributed by atoms with Gasteiger partial charge in [0.25, 0.3) is 0 Å². The maximum Gasteiger partial charge on any atom is 0.237 e. The Balaban J connectivity index is 1.25. The van der Waals surface area contributed by atoms with Crippen LogP contribution in [-0.2, 0) is 4.79 Å². The molecule has 0 spiro atoms. The largest absolute Gasteiger partial charge is 0.353 e. The van der Waals surface area contributed by atoms with E-state index in [-0.39, 0.29) is 23.8 Å². The first kappa shape index (κ1) is 26.2. The van der Waals surface area contributed by atoms with Gasteiger partial charge in [-0.3, -0.25) is 4.79 Å². The number of hydrogen-bond acceptors (Lipinski definition) is 7. The lowest BCUT2D eigenvalue weighted by atomic mass is 10.0. The number of imidazole rings is 1. The second-order valence-electron chi connectivity index (χ2n) is 11.0. The smallest absolute Gasteiger partial charge is 0.237 e. The molecule has 9 nitrogen and oxygen atoms in total. The van der Waals surface area contributed by atoms with Crippen LogP contribution in [0.4, 0.5) is 16.0 Å². The van der Waals surface area contributed by atoms with E-state index in [1.54, 1.807) is 12.1 Å². The molecule has 3 aromatic heterocycles. The molecule has 5 heterocycles. The minimum Gasteiger partial charge on any atom is -0.353 e. The summed E-state index contributed by atoms with van der Waals surface area (Å²) in [5.41, 5.74) is 3.32. The van der Waals surface area contributed by atoms with Gasteiger partial charge in [0.05, 0.1) is 24.5 Å². The zero-order valence-corrected chi connectivity index (χ0v) is 23.2. The number of fused-ring (bicyclic) bond motifs is 1. The highest BCUT2D eigenvalue weighted by Gasteiger charge is 2.29. The van der Waals surface area contributed by atoms with Crippen LogP contribution in [0, 0.1) is 5.82 Å². The fourth-order valence-electron chi connectivity index (χ4n) is 5.93. The molecule has 1 aromatic carbocycles. The molecule has 2 saturated heterocycles. The molecular formula is C30H35FN8O. The number of aromatic nitrogens is 4. The van der Waals surface area contributed by atoms with Crippen molar-refractivity contribution in [3.05, 3.63) is 72.2 Å². The predicted molar refractivity (Wildman–Crippen MR) is 154 cm³/mol. The molecule has 0 saturated carbocycles. The average molecular weight is 543 g/mol. The van der Waals surface area contributed by atoms with Crippen LogP contribution in [0.25, 0.3) is 17.0 Å². The van der Waals surface area contributed by atoms with Crippen molar-refractivity contribution in [3.63, 3.8) is 0 Å². The second kappa shape index (κ2) is 10.8. The van der Waals surface area contributed by atoms with E-state index in [1.807, 2.05) is 71.0 Å². The van der Waals surface area contributed by atoms with Gasteiger partial charge in [0.1, 0.15) is 23.1 Å². The molecule has 2 aliphatic rings. The first-order valence-corrected chi connectivity index (χ1v) is 13.9. The minimum atomic E-state index is -0.216. The Morgan fingerprint density at radius 2 is 1.90 bits per heavy atom. The number of piperazine rings is 1. The number of rotatable bonds is 6. The molecule has 0 N–H and O–H groups in total. The van der Waals surface area contributed by atoms with Gasteiger partial charge in [-0.15, -0.1) is 5.10 Å². The van der Waals surface area contributed by atoms with Crippen molar-refractivity contribution in [1.82, 2.24) is 29.4 Å². The van der Waals surface area contributed by atoms with Crippen molar-refractivity contribution < 1.29 is 9.18 Å². The molecular weight excluding hydrogens is 507 g/mol. The van der Waals surface area contributed by atoms with Gasteiger partial charge in [-0.25, -0.2) is 18.9 Å². The normalized spacial score (nSPS) is 19.7. The predicted octanol–water partition coefficient (Wildman–Crippen LogP) is 3.87. The van der Waals surface area contributed by atoms with Crippen LogP contribution in [0.15, 0.2) is 60.8 Å². The van der Waals surface area contributed by atoms with Crippen LogP contribution >= 0.6 is 0 Å². The summed E-state index contributed by atoms with van der Waals surface area (Å²) in [4.78, 5) is 30.6. The number of carbonyl (C=O) groups excluding carboxylic acids is 1. The summed E-state index contributed by atoms with van der Waals surface area (Å²) in [6, 6.07) is 17.0. The molecule has 2 aliphatic heterocycles. The van der Waals surface area contributed by atoms with Crippen LogP contribution in [0.2, 0.25) is 0 Å². The molecule has 0 aliphatic carbocycles. The van der Waals surface area contributed by atoms with E-state index in [2.05, 4.69) is 21.7 Å². The number of benzene rings is 1. The summed E-state index contributed by atoms with van der Waals surface area (Å²) in [6.45, 7) is 5.49. The van der Waals surface area contributed by atoms with Crippen molar-refractivity contribution in [2.45, 2.75) is 31.8 Å². The lowest BCUT2D eigenvalue weighted by Gasteiger charge is -2.40. The molecule has 10 heteroatoms. The monoisotopic (exact) mass is 542 g/mol. The van der Waals surface area contributed by atoms with E-state index in [4.69, 9.17) is 10.1 Å². The van der Waals surface area contributed by atoms with Crippen molar-refractivity contribution in [3.8, 4) is 11.4 Å². The fraction of sp³-hybridized carbons (Fsp3) is 0.400. The second-order valence-corrected chi connectivity index (χ2v) is 11.0. The lowest BCUT2D eigenvalue weighted by Crippen LogP contribution is -2.55. The quantitative estimate of drug-likeness (QED) is 0.366. The van der Waals surface area contributed by atoms with Crippen LogP contribution in [0.5, 0.6) is 0 Å². The zero-order chi connectivity index (χ0) is 27.8. The Kier molecular flexibility index (Phi) is 7.10. The van der Waals surface area contributed by atoms with Crippen molar-refractivity contribution in [1.29, 1.82) is 0 Å². The van der Waals surface area contributed by atoms with Gasteiger partial charge >= 0.3 is 0 Å². The highest BCUT2D eigenvalue weighted by molar-refractivity contribution is 5.79. The van der Waals surface area contributed by atoms with E-state index in [9.17, 15) is 9.18 Å². The van der Waals surface area contributed by atoms with Gasteiger partial charge in [-0.05, 0) is 75.8 Å². The molecule has 208 valence electrons. The zero-order valence-electron chi connectivity index (χ0n) is 23.2. The standard InChI is InChI=1S/C30H35FN8O/c1-21-19-36(15-16-37(21)30(40)20-35(2)3)28-11-5-9-24(33-28)26-18-32-27-12-13-29(34-39(26)27)38-14-6-10-25(38)22-7-4-8-23(31)17-22/h4-5,7-9,11-13,17-18,21,25H,6,10,14-16,19-20H2,1-3H3. The molecule has 2 fully saturated rings. The molecule has 6 rings (SSSR count). The SMILES string of the molecule is CC1CN(c2cccc(-c3cnc4ccc(N5CCCC5c5cccc(F)c5)nn34)n2)CCN1C(=O)CN(C)C. The van der Waals surface area contributed by atoms with Crippen molar-refractivity contribution >= 4 is 23.2 Å². The highest BCUT2D eigenvalue weighted by atomic mass is 19.1. The number of anilines is 2. The highest BCUT2D eigenvalue weighted by Crippen LogP contribution is 2.36. The van der Waals surface area contributed by atoms with Gasteiger partial charge in [-0.1, -0.05) is 18.2 Å². The van der Waals surface area contributed by atoms with E-state index in [0.29, 0.717) is 13.1 Å². The molecule has 1 amide bonds. The summed E-state index contributed by atoms with van der Waals surface area (Å²) in [5.74, 6) is 1.65. The molecule has 2 atom stereocenters. The number of halogens is 1. The van der Waals surface area contributed by atoms with E-state index < -0.39 is 0 Å². The first-order valence-electron chi connectivity index (χ1n) is 13.9. The third kappa shape index (κ3) is 5.11. The number of likely N-dealkylation sites (N-methyl/N-ethyl adjacent to an activating group) is 1. The third-order valence-electron chi connectivity index (χ3n) is 7.85. The summed E-state index contributed by atoms with van der Waals surface area (Å²) in [6.07, 6.45) is 3.79. The number of hydrogen-bond donors (Lipinski definition) is 0. The van der Waals surface area contributed by atoms with Gasteiger partial charge in [0.2, 0.25) is 5.91 Å². The lowest BCUT2D eigenvalue weighted by molar-refractivity contribution is -0.134. The van der Waals surface area contributed by atoms with Crippen molar-refractivity contribution in [2.24, 2.45) is 0 Å². The minimum absolute atomic E-state index is 0.0827. The Morgan fingerprint density at radius 1 is 1.05 bits per heavy atom. The van der Waals surface area contributed by atoms with Crippen LogP contribution in [-0.4, -0.2) is 88.2 Å². The Labute approximate surface area is 233 Å². The summed E-state index contributed by atoms with van der Waals surface area (Å²) >= 11 is 0. The van der Waals surface area contributed by atoms with Gasteiger partial charge in [0.15, 0.2) is 5.65 Å². The average Bonchev–Trinajstić information content (AvgIpc) is 3.60. The van der Waals surface area contributed by atoms with E-state index >= 15 is 0 Å². The maximum absolute atomic E-state index is 14.0. The third-order valence-corrected chi connectivity index (χ3v) is 7.85. The summed E-state index contributed by atoms with van der Waals surface area (Å²) < 4.78 is 15.8. The number of amides is 1. The fourth-order valence-corrected chi connectivity index (χ4v) is 5.93. The first-order chi connectivity index (χ1) is 19.4. The number of carbonyl (C=O) groups is 1. The van der Waals surface area contributed by atoms with Crippen LogP contribution in [0.3, 0.4) is 0 Å². The molecule has 2 unspecified atom stereocenters. The molecule has 0 bridgehead atoms. The molecule has 40 heavy (non-hydrogen) atoms. The topological polar surface area (TPSA) is 73.1 Å². The van der Waals surface area contributed by atoms with Gasteiger partial charge in [0, 0.05) is 32.2 Å². The Morgan fingerprint density at radius 3 is 2.70 bits per heavy atom. The number of pyridine rings is 1. The maximum atomic E-state index is 14.0.